The molecule has 3 rings (SSSR count). The molecule has 0 saturated heterocycles. The van der Waals surface area contributed by atoms with Crippen LogP contribution in [0, 0.1) is 20.8 Å². The molecule has 0 spiro atoms. The van der Waals surface area contributed by atoms with E-state index < -0.39 is 0 Å². The van der Waals surface area contributed by atoms with Gasteiger partial charge in [-0.25, -0.2) is 0 Å². The Morgan fingerprint density at radius 1 is 1.17 bits per heavy atom. The number of ether oxygens (including phenoxy) is 1. The molecule has 0 aromatic heterocycles. The fourth-order valence-corrected chi connectivity index (χ4v) is 4.18. The molecule has 24 heavy (non-hydrogen) atoms. The van der Waals surface area contributed by atoms with Gasteiger partial charge in [-0.3, -0.25) is 9.59 Å². The minimum atomic E-state index is -0.266. The van der Waals surface area contributed by atoms with E-state index in [1.807, 2.05) is 6.92 Å². The molecule has 128 valence electrons. The SMILES string of the molecule is CCC(=O)C1=C(O)CC(c2c(C)c(C)c3c(c2C)OCC3)CC1=O. The number of ketones is 2. The average Bonchev–Trinajstić information content (AvgIpc) is 3.02. The molecule has 0 radical (unpaired) electrons. The number of hydrogen-bond acceptors (Lipinski definition) is 4. The first kappa shape index (κ1) is 16.7. The van der Waals surface area contributed by atoms with Gasteiger partial charge in [0.2, 0.25) is 0 Å². The number of benzene rings is 1. The number of hydrogen-bond donors (Lipinski definition) is 1. The molecule has 1 aromatic rings. The summed E-state index contributed by atoms with van der Waals surface area (Å²) in [6.07, 6.45) is 1.77. The van der Waals surface area contributed by atoms with E-state index in [1.54, 1.807) is 6.92 Å². The van der Waals surface area contributed by atoms with Crippen LogP contribution >= 0.6 is 0 Å². The fraction of sp³-hybridized carbons (Fsp3) is 0.500. The van der Waals surface area contributed by atoms with Crippen LogP contribution in [-0.4, -0.2) is 23.3 Å². The van der Waals surface area contributed by atoms with E-state index in [9.17, 15) is 14.7 Å². The van der Waals surface area contributed by atoms with E-state index in [0.29, 0.717) is 13.0 Å². The molecule has 1 atom stereocenters. The Labute approximate surface area is 142 Å². The maximum absolute atomic E-state index is 12.5. The minimum absolute atomic E-state index is 0.0122. The van der Waals surface area contributed by atoms with Crippen molar-refractivity contribution in [3.05, 3.63) is 39.1 Å². The summed E-state index contributed by atoms with van der Waals surface area (Å²) >= 11 is 0. The summed E-state index contributed by atoms with van der Waals surface area (Å²) in [7, 11) is 0. The molecule has 2 aliphatic rings. The molecule has 1 aliphatic carbocycles. The van der Waals surface area contributed by atoms with Crippen LogP contribution in [0.5, 0.6) is 5.75 Å². The molecule has 1 aromatic carbocycles. The maximum atomic E-state index is 12.5. The summed E-state index contributed by atoms with van der Waals surface area (Å²) in [5.41, 5.74) is 5.83. The van der Waals surface area contributed by atoms with E-state index in [1.165, 1.54) is 16.7 Å². The third-order valence-electron chi connectivity index (χ3n) is 5.48. The van der Waals surface area contributed by atoms with E-state index in [-0.39, 0.29) is 41.7 Å². The highest BCUT2D eigenvalue weighted by Gasteiger charge is 2.34. The topological polar surface area (TPSA) is 63.6 Å². The number of fused-ring (bicyclic) bond motifs is 1. The van der Waals surface area contributed by atoms with Crippen molar-refractivity contribution in [1.82, 2.24) is 0 Å². The lowest BCUT2D eigenvalue weighted by atomic mass is 9.76. The van der Waals surface area contributed by atoms with Crippen molar-refractivity contribution < 1.29 is 19.4 Å². The summed E-state index contributed by atoms with van der Waals surface area (Å²) < 4.78 is 5.81. The first-order valence-electron chi connectivity index (χ1n) is 8.60. The van der Waals surface area contributed by atoms with Crippen LogP contribution in [0.2, 0.25) is 0 Å². The van der Waals surface area contributed by atoms with Crippen LogP contribution in [0.1, 0.15) is 59.9 Å². The minimum Gasteiger partial charge on any atom is -0.511 e. The zero-order chi connectivity index (χ0) is 17.6. The number of rotatable bonds is 3. The molecular weight excluding hydrogens is 304 g/mol. The monoisotopic (exact) mass is 328 g/mol. The van der Waals surface area contributed by atoms with Gasteiger partial charge in [0.25, 0.3) is 0 Å². The Kier molecular flexibility index (Phi) is 4.24. The van der Waals surface area contributed by atoms with Crippen molar-refractivity contribution in [1.29, 1.82) is 0 Å². The Hall–Kier alpha value is -2.10. The third-order valence-corrected chi connectivity index (χ3v) is 5.48. The molecule has 0 bridgehead atoms. The van der Waals surface area contributed by atoms with E-state index in [0.717, 1.165) is 23.3 Å². The smallest absolute Gasteiger partial charge is 0.170 e. The summed E-state index contributed by atoms with van der Waals surface area (Å²) in [5, 5.41) is 10.3. The van der Waals surface area contributed by atoms with Gasteiger partial charge in [0.15, 0.2) is 11.6 Å². The van der Waals surface area contributed by atoms with Gasteiger partial charge in [-0.05, 0) is 48.9 Å². The largest absolute Gasteiger partial charge is 0.511 e. The molecule has 1 aliphatic heterocycles. The molecule has 1 unspecified atom stereocenters. The highest BCUT2D eigenvalue weighted by molar-refractivity contribution is 6.21. The third kappa shape index (κ3) is 2.45. The quantitative estimate of drug-likeness (QED) is 0.858. The molecule has 0 amide bonds. The molecule has 4 nitrogen and oxygen atoms in total. The molecule has 0 saturated carbocycles. The average molecular weight is 328 g/mol. The second kappa shape index (κ2) is 6.08. The van der Waals surface area contributed by atoms with Gasteiger partial charge in [-0.15, -0.1) is 0 Å². The van der Waals surface area contributed by atoms with Crippen molar-refractivity contribution in [3.63, 3.8) is 0 Å². The number of allylic oxidation sites excluding steroid dienone is 2. The first-order chi connectivity index (χ1) is 11.4. The predicted octanol–water partition coefficient (Wildman–Crippen LogP) is 3.78. The Morgan fingerprint density at radius 3 is 2.50 bits per heavy atom. The van der Waals surface area contributed by atoms with Gasteiger partial charge >= 0.3 is 0 Å². The number of aliphatic hydroxyl groups excluding tert-OH is 1. The van der Waals surface area contributed by atoms with Gasteiger partial charge in [-0.1, -0.05) is 6.92 Å². The van der Waals surface area contributed by atoms with Crippen LogP contribution < -0.4 is 4.74 Å². The first-order valence-corrected chi connectivity index (χ1v) is 8.60. The van der Waals surface area contributed by atoms with Crippen LogP contribution in [0.15, 0.2) is 11.3 Å². The molecular formula is C20H24O4. The highest BCUT2D eigenvalue weighted by Crippen LogP contribution is 2.44. The van der Waals surface area contributed by atoms with Crippen molar-refractivity contribution in [2.45, 2.75) is 59.3 Å². The van der Waals surface area contributed by atoms with Crippen LogP contribution in [0.4, 0.5) is 0 Å². The summed E-state index contributed by atoms with van der Waals surface area (Å²) in [6, 6.07) is 0. The lowest BCUT2D eigenvalue weighted by molar-refractivity contribution is -0.122. The number of carbonyl (C=O) groups excluding carboxylic acids is 2. The van der Waals surface area contributed by atoms with E-state index >= 15 is 0 Å². The van der Waals surface area contributed by atoms with Crippen LogP contribution in [0.3, 0.4) is 0 Å². The molecule has 1 N–H and O–H groups in total. The van der Waals surface area contributed by atoms with Crippen LogP contribution in [0.25, 0.3) is 0 Å². The predicted molar refractivity (Wildman–Crippen MR) is 91.8 cm³/mol. The maximum Gasteiger partial charge on any atom is 0.170 e. The fourth-order valence-electron chi connectivity index (χ4n) is 4.18. The zero-order valence-electron chi connectivity index (χ0n) is 14.8. The van der Waals surface area contributed by atoms with Crippen LogP contribution in [-0.2, 0) is 16.0 Å². The molecule has 0 fully saturated rings. The molecule has 4 heteroatoms. The normalized spacial score (nSPS) is 20.2. The van der Waals surface area contributed by atoms with Crippen molar-refractivity contribution in [2.75, 3.05) is 6.61 Å². The van der Waals surface area contributed by atoms with Gasteiger partial charge in [-0.2, -0.15) is 0 Å². The lowest BCUT2D eigenvalue weighted by Crippen LogP contribution is -2.24. The molecule has 1 heterocycles. The Bertz CT molecular complexity index is 771. The van der Waals surface area contributed by atoms with E-state index in [4.69, 9.17) is 4.74 Å². The summed E-state index contributed by atoms with van der Waals surface area (Å²) in [4.78, 5) is 24.4. The number of Topliss-reactive ketones (excluding diaryl/α,β-unsaturated/α-hetero) is 2. The number of aliphatic hydroxyl groups is 1. The lowest BCUT2D eigenvalue weighted by Gasteiger charge is -2.28. The summed E-state index contributed by atoms with van der Waals surface area (Å²) in [5.74, 6) is 0.283. The van der Waals surface area contributed by atoms with E-state index in [2.05, 4.69) is 13.8 Å². The zero-order valence-corrected chi connectivity index (χ0v) is 14.8. The van der Waals surface area contributed by atoms with Gasteiger partial charge < -0.3 is 9.84 Å². The highest BCUT2D eigenvalue weighted by atomic mass is 16.5. The Morgan fingerprint density at radius 2 is 1.88 bits per heavy atom. The number of carbonyl (C=O) groups is 2. The summed E-state index contributed by atoms with van der Waals surface area (Å²) in [6.45, 7) is 8.61. The standard InChI is InChI=1S/C20H24O4/c1-5-15(21)19-16(22)8-13(9-17(19)23)18-11(3)10(2)14-6-7-24-20(14)12(18)4/h13,22H,5-9H2,1-4H3. The van der Waals surface area contributed by atoms with Gasteiger partial charge in [0, 0.05) is 31.2 Å². The second-order valence-electron chi connectivity index (χ2n) is 6.82. The Balaban J connectivity index is 2.07. The van der Waals surface area contributed by atoms with Crippen molar-refractivity contribution in [2.24, 2.45) is 0 Å². The van der Waals surface area contributed by atoms with Crippen molar-refractivity contribution >= 4 is 11.6 Å². The van der Waals surface area contributed by atoms with Gasteiger partial charge in [0.05, 0.1) is 12.2 Å². The van der Waals surface area contributed by atoms with Crippen molar-refractivity contribution in [3.8, 4) is 5.75 Å². The second-order valence-corrected chi connectivity index (χ2v) is 6.82. The van der Waals surface area contributed by atoms with Gasteiger partial charge in [0.1, 0.15) is 11.5 Å².